The van der Waals surface area contributed by atoms with Gasteiger partial charge in [0.1, 0.15) is 0 Å². The summed E-state index contributed by atoms with van der Waals surface area (Å²) in [7, 11) is -3.38. The van der Waals surface area contributed by atoms with Crippen molar-refractivity contribution in [2.24, 2.45) is 0 Å². The average Bonchev–Trinajstić information content (AvgIpc) is 2.42. The van der Waals surface area contributed by atoms with E-state index < -0.39 is 10.0 Å². The van der Waals surface area contributed by atoms with Gasteiger partial charge in [0.2, 0.25) is 10.0 Å². The molecular formula is C14H23NO3S. The van der Waals surface area contributed by atoms with E-state index in [2.05, 4.69) is 0 Å². The SMILES string of the molecule is CC.Cc1ccc(S(=O)(=O)N2CCC(O)CC2)cc1. The molecule has 108 valence electrons. The molecular weight excluding hydrogens is 262 g/mol. The topological polar surface area (TPSA) is 57.6 Å². The number of benzene rings is 1. The summed E-state index contributed by atoms with van der Waals surface area (Å²) in [5, 5.41) is 9.38. The Morgan fingerprint density at radius 2 is 1.58 bits per heavy atom. The minimum atomic E-state index is -3.38. The summed E-state index contributed by atoms with van der Waals surface area (Å²) in [4.78, 5) is 0.333. The molecule has 1 aromatic carbocycles. The molecule has 1 aliphatic rings. The summed E-state index contributed by atoms with van der Waals surface area (Å²) in [6.07, 6.45) is 0.676. The number of rotatable bonds is 2. The fourth-order valence-corrected chi connectivity index (χ4v) is 3.41. The van der Waals surface area contributed by atoms with Crippen LogP contribution < -0.4 is 0 Å². The summed E-state index contributed by atoms with van der Waals surface area (Å²) in [5.41, 5.74) is 1.04. The number of hydrogen-bond donors (Lipinski definition) is 1. The first kappa shape index (κ1) is 16.1. The number of piperidine rings is 1. The molecule has 1 N–H and O–H groups in total. The molecule has 1 heterocycles. The molecule has 4 nitrogen and oxygen atoms in total. The van der Waals surface area contributed by atoms with E-state index in [0.717, 1.165) is 5.56 Å². The summed E-state index contributed by atoms with van der Waals surface area (Å²) in [6, 6.07) is 6.86. The molecule has 19 heavy (non-hydrogen) atoms. The van der Waals surface area contributed by atoms with Crippen LogP contribution in [0.4, 0.5) is 0 Å². The summed E-state index contributed by atoms with van der Waals surface area (Å²) in [6.45, 7) is 6.72. The fourth-order valence-electron chi connectivity index (χ4n) is 1.94. The van der Waals surface area contributed by atoms with Crippen molar-refractivity contribution in [3.8, 4) is 0 Å². The minimum Gasteiger partial charge on any atom is -0.393 e. The van der Waals surface area contributed by atoms with E-state index in [-0.39, 0.29) is 6.10 Å². The summed E-state index contributed by atoms with van der Waals surface area (Å²) in [5.74, 6) is 0. The molecule has 1 saturated heterocycles. The molecule has 0 unspecified atom stereocenters. The van der Waals surface area contributed by atoms with Gasteiger partial charge in [-0.15, -0.1) is 0 Å². The fraction of sp³-hybridized carbons (Fsp3) is 0.571. The lowest BCUT2D eigenvalue weighted by Crippen LogP contribution is -2.39. The second-order valence-electron chi connectivity index (χ2n) is 4.45. The molecule has 1 aromatic rings. The Hall–Kier alpha value is -0.910. The quantitative estimate of drug-likeness (QED) is 0.906. The highest BCUT2D eigenvalue weighted by Gasteiger charge is 2.28. The molecule has 0 aliphatic carbocycles. The molecule has 0 bridgehead atoms. The van der Waals surface area contributed by atoms with Gasteiger partial charge in [0.05, 0.1) is 11.0 Å². The van der Waals surface area contributed by atoms with Crippen molar-refractivity contribution in [3.05, 3.63) is 29.8 Å². The molecule has 0 amide bonds. The molecule has 0 spiro atoms. The first-order valence-electron chi connectivity index (χ1n) is 6.75. The third kappa shape index (κ3) is 4.03. The molecule has 0 radical (unpaired) electrons. The standard InChI is InChI=1S/C12H17NO3S.C2H6/c1-10-2-4-12(5-3-10)17(15,16)13-8-6-11(14)7-9-13;1-2/h2-5,11,14H,6-9H2,1H3;1-2H3. The number of nitrogens with zero attached hydrogens (tertiary/aromatic N) is 1. The Balaban J connectivity index is 0.000000861. The third-order valence-electron chi connectivity index (χ3n) is 3.08. The molecule has 2 rings (SSSR count). The Labute approximate surface area is 116 Å². The molecule has 0 aromatic heterocycles. The predicted molar refractivity (Wildman–Crippen MR) is 76.5 cm³/mol. The maximum atomic E-state index is 12.2. The highest BCUT2D eigenvalue weighted by molar-refractivity contribution is 7.89. The normalized spacial score (nSPS) is 17.7. The van der Waals surface area contributed by atoms with Crippen LogP contribution in [0.2, 0.25) is 0 Å². The Morgan fingerprint density at radius 1 is 1.11 bits per heavy atom. The Bertz CT molecular complexity index is 474. The lowest BCUT2D eigenvalue weighted by molar-refractivity contribution is 0.113. The van der Waals surface area contributed by atoms with Crippen LogP contribution >= 0.6 is 0 Å². The lowest BCUT2D eigenvalue weighted by Gasteiger charge is -2.28. The molecule has 0 saturated carbocycles. The largest absolute Gasteiger partial charge is 0.393 e. The van der Waals surface area contributed by atoms with Crippen LogP contribution in [0.25, 0.3) is 0 Å². The zero-order valence-electron chi connectivity index (χ0n) is 11.8. The number of aliphatic hydroxyl groups is 1. The van der Waals surface area contributed by atoms with Crippen LogP contribution in [-0.2, 0) is 10.0 Å². The summed E-state index contributed by atoms with van der Waals surface area (Å²) < 4.78 is 25.9. The molecule has 1 fully saturated rings. The van der Waals surface area contributed by atoms with Crippen molar-refractivity contribution >= 4 is 10.0 Å². The van der Waals surface area contributed by atoms with E-state index in [9.17, 15) is 13.5 Å². The van der Waals surface area contributed by atoms with Crippen molar-refractivity contribution in [2.75, 3.05) is 13.1 Å². The van der Waals surface area contributed by atoms with Gasteiger partial charge < -0.3 is 5.11 Å². The highest BCUT2D eigenvalue weighted by atomic mass is 32.2. The number of aliphatic hydroxyl groups excluding tert-OH is 1. The Kier molecular flexibility index (Phi) is 5.97. The van der Waals surface area contributed by atoms with E-state index >= 15 is 0 Å². The number of hydrogen-bond acceptors (Lipinski definition) is 3. The van der Waals surface area contributed by atoms with Crippen LogP contribution in [0.3, 0.4) is 0 Å². The van der Waals surface area contributed by atoms with Crippen LogP contribution in [0.15, 0.2) is 29.2 Å². The first-order chi connectivity index (χ1) is 9.00. The smallest absolute Gasteiger partial charge is 0.243 e. The van der Waals surface area contributed by atoms with Crippen LogP contribution in [0, 0.1) is 6.92 Å². The van der Waals surface area contributed by atoms with E-state index in [0.29, 0.717) is 30.8 Å². The number of aryl methyl sites for hydroxylation is 1. The van der Waals surface area contributed by atoms with E-state index in [1.54, 1.807) is 24.3 Å². The zero-order valence-corrected chi connectivity index (χ0v) is 12.7. The van der Waals surface area contributed by atoms with Gasteiger partial charge in [0, 0.05) is 13.1 Å². The zero-order chi connectivity index (χ0) is 14.5. The summed E-state index contributed by atoms with van der Waals surface area (Å²) >= 11 is 0. The predicted octanol–water partition coefficient (Wildman–Crippen LogP) is 2.17. The van der Waals surface area contributed by atoms with Gasteiger partial charge in [-0.2, -0.15) is 4.31 Å². The van der Waals surface area contributed by atoms with Gasteiger partial charge in [-0.05, 0) is 31.9 Å². The van der Waals surface area contributed by atoms with Crippen molar-refractivity contribution in [3.63, 3.8) is 0 Å². The van der Waals surface area contributed by atoms with E-state index in [1.165, 1.54) is 4.31 Å². The van der Waals surface area contributed by atoms with Gasteiger partial charge in [0.25, 0.3) is 0 Å². The van der Waals surface area contributed by atoms with E-state index in [4.69, 9.17) is 0 Å². The molecule has 0 atom stereocenters. The molecule has 1 aliphatic heterocycles. The van der Waals surface area contributed by atoms with Crippen molar-refractivity contribution < 1.29 is 13.5 Å². The van der Waals surface area contributed by atoms with Crippen LogP contribution in [0.5, 0.6) is 0 Å². The van der Waals surface area contributed by atoms with Crippen molar-refractivity contribution in [1.82, 2.24) is 4.31 Å². The second-order valence-corrected chi connectivity index (χ2v) is 6.39. The van der Waals surface area contributed by atoms with E-state index in [1.807, 2.05) is 20.8 Å². The Morgan fingerprint density at radius 3 is 2.05 bits per heavy atom. The minimum absolute atomic E-state index is 0.333. The lowest BCUT2D eigenvalue weighted by atomic mass is 10.1. The van der Waals surface area contributed by atoms with Crippen molar-refractivity contribution in [1.29, 1.82) is 0 Å². The second kappa shape index (κ2) is 7.03. The van der Waals surface area contributed by atoms with Crippen LogP contribution in [0.1, 0.15) is 32.3 Å². The van der Waals surface area contributed by atoms with Gasteiger partial charge >= 0.3 is 0 Å². The maximum absolute atomic E-state index is 12.2. The third-order valence-corrected chi connectivity index (χ3v) is 5.00. The van der Waals surface area contributed by atoms with Gasteiger partial charge in [-0.1, -0.05) is 31.5 Å². The van der Waals surface area contributed by atoms with Gasteiger partial charge in [-0.3, -0.25) is 0 Å². The van der Waals surface area contributed by atoms with Crippen molar-refractivity contribution in [2.45, 2.75) is 44.6 Å². The average molecular weight is 285 g/mol. The van der Waals surface area contributed by atoms with Gasteiger partial charge in [0.15, 0.2) is 0 Å². The van der Waals surface area contributed by atoms with Gasteiger partial charge in [-0.25, -0.2) is 8.42 Å². The van der Waals surface area contributed by atoms with Crippen LogP contribution in [-0.4, -0.2) is 37.0 Å². The first-order valence-corrected chi connectivity index (χ1v) is 8.19. The maximum Gasteiger partial charge on any atom is 0.243 e. The monoisotopic (exact) mass is 285 g/mol. The highest BCUT2D eigenvalue weighted by Crippen LogP contribution is 2.20. The number of sulfonamides is 1. The molecule has 5 heteroatoms.